The number of aryl methyl sites for hydroxylation is 2. The highest BCUT2D eigenvalue weighted by molar-refractivity contribution is 5.66. The first-order valence-corrected chi connectivity index (χ1v) is 5.12. The fourth-order valence-corrected chi connectivity index (χ4v) is 1.35. The molecule has 88 valence electrons. The van der Waals surface area contributed by atoms with E-state index in [0.717, 1.165) is 10.5 Å². The van der Waals surface area contributed by atoms with Crippen molar-refractivity contribution in [3.8, 4) is 0 Å². The van der Waals surface area contributed by atoms with Gasteiger partial charge in [0.2, 0.25) is 0 Å². The average Bonchev–Trinajstić information content (AvgIpc) is 2.75. The number of rotatable bonds is 5. The molecule has 2 rings (SSSR count). The molecule has 0 amide bonds. The molecule has 0 fully saturated rings. The van der Waals surface area contributed by atoms with Crippen molar-refractivity contribution in [3.05, 3.63) is 35.9 Å². The van der Waals surface area contributed by atoms with Crippen molar-refractivity contribution in [1.29, 1.82) is 0 Å². The van der Waals surface area contributed by atoms with Crippen LogP contribution >= 0.6 is 0 Å². The number of pyridine rings is 1. The van der Waals surface area contributed by atoms with E-state index in [1.807, 2.05) is 18.2 Å². The summed E-state index contributed by atoms with van der Waals surface area (Å²) in [5, 5.41) is 19.9. The molecule has 0 bridgehead atoms. The van der Waals surface area contributed by atoms with Gasteiger partial charge in [0.1, 0.15) is 0 Å². The van der Waals surface area contributed by atoms with E-state index in [9.17, 15) is 4.79 Å². The zero-order chi connectivity index (χ0) is 12.1. The second-order valence-electron chi connectivity index (χ2n) is 3.45. The van der Waals surface area contributed by atoms with E-state index < -0.39 is 5.97 Å². The van der Waals surface area contributed by atoms with Crippen LogP contribution < -0.4 is 0 Å². The molecular formula is C10H11N5O2. The molecule has 0 aliphatic carbocycles. The molecule has 0 saturated heterocycles. The lowest BCUT2D eigenvalue weighted by atomic mass is 10.2. The predicted octanol–water partition coefficient (Wildman–Crippen LogP) is -0.0621. The van der Waals surface area contributed by atoms with Gasteiger partial charge in [-0.05, 0) is 23.8 Å². The molecule has 0 spiro atoms. The monoisotopic (exact) mass is 233 g/mol. The molecule has 0 aliphatic rings. The molecule has 2 heterocycles. The van der Waals surface area contributed by atoms with Gasteiger partial charge in [-0.15, -0.1) is 10.2 Å². The van der Waals surface area contributed by atoms with E-state index in [0.29, 0.717) is 18.7 Å². The van der Waals surface area contributed by atoms with Gasteiger partial charge in [0.15, 0.2) is 12.4 Å². The number of tetrazole rings is 1. The normalized spacial score (nSPS) is 10.4. The topological polar surface area (TPSA) is 93.8 Å². The minimum Gasteiger partial charge on any atom is -0.480 e. The Balaban J connectivity index is 1.91. The van der Waals surface area contributed by atoms with E-state index in [2.05, 4.69) is 20.4 Å². The summed E-state index contributed by atoms with van der Waals surface area (Å²) in [6.07, 6.45) is 3.03. The Morgan fingerprint density at radius 2 is 2.24 bits per heavy atom. The van der Waals surface area contributed by atoms with Crippen LogP contribution in [0, 0.1) is 0 Å². The Bertz CT molecular complexity index is 496. The minimum atomic E-state index is -0.987. The molecule has 7 nitrogen and oxygen atoms in total. The van der Waals surface area contributed by atoms with Crippen molar-refractivity contribution >= 4 is 5.97 Å². The van der Waals surface area contributed by atoms with Gasteiger partial charge in [0, 0.05) is 18.3 Å². The summed E-state index contributed by atoms with van der Waals surface area (Å²) in [5.74, 6) is -0.462. The van der Waals surface area contributed by atoms with E-state index in [-0.39, 0.29) is 6.54 Å². The molecule has 0 atom stereocenters. The van der Waals surface area contributed by atoms with Crippen molar-refractivity contribution in [1.82, 2.24) is 25.2 Å². The summed E-state index contributed by atoms with van der Waals surface area (Å²) in [7, 11) is 0. The number of carbonyl (C=O) groups is 1. The van der Waals surface area contributed by atoms with Crippen LogP contribution in [-0.4, -0.2) is 36.3 Å². The van der Waals surface area contributed by atoms with Crippen molar-refractivity contribution in [2.45, 2.75) is 19.4 Å². The highest BCUT2D eigenvalue weighted by Crippen LogP contribution is 1.99. The lowest BCUT2D eigenvalue weighted by Gasteiger charge is -1.95. The van der Waals surface area contributed by atoms with Gasteiger partial charge in [0.05, 0.1) is 0 Å². The lowest BCUT2D eigenvalue weighted by molar-refractivity contribution is -0.138. The third-order valence-corrected chi connectivity index (χ3v) is 2.10. The lowest BCUT2D eigenvalue weighted by Crippen LogP contribution is -2.11. The maximum absolute atomic E-state index is 10.4. The largest absolute Gasteiger partial charge is 0.480 e. The second kappa shape index (κ2) is 5.15. The molecule has 17 heavy (non-hydrogen) atoms. The molecule has 0 unspecified atom stereocenters. The fourth-order valence-electron chi connectivity index (χ4n) is 1.35. The Kier molecular flexibility index (Phi) is 3.39. The summed E-state index contributed by atoms with van der Waals surface area (Å²) in [5.41, 5.74) is 0.946. The van der Waals surface area contributed by atoms with Crippen LogP contribution in [0.2, 0.25) is 0 Å². The van der Waals surface area contributed by atoms with Crippen LogP contribution in [0.3, 0.4) is 0 Å². The van der Waals surface area contributed by atoms with Gasteiger partial charge in [0.25, 0.3) is 0 Å². The molecule has 7 heteroatoms. The van der Waals surface area contributed by atoms with E-state index in [1.54, 1.807) is 6.20 Å². The molecule has 0 aromatic carbocycles. The zero-order valence-corrected chi connectivity index (χ0v) is 9.02. The van der Waals surface area contributed by atoms with Gasteiger partial charge in [-0.25, -0.2) is 0 Å². The standard InChI is InChI=1S/C10H11N5O2/c16-10(17)7-15-13-9(12-14-15)5-4-8-3-1-2-6-11-8/h1-3,6H,4-5,7H2,(H,16,17). The van der Waals surface area contributed by atoms with E-state index in [4.69, 9.17) is 5.11 Å². The highest BCUT2D eigenvalue weighted by atomic mass is 16.4. The Labute approximate surface area is 97.1 Å². The Morgan fingerprint density at radius 1 is 1.35 bits per heavy atom. The van der Waals surface area contributed by atoms with Crippen LogP contribution in [0.1, 0.15) is 11.5 Å². The first kappa shape index (κ1) is 11.2. The minimum absolute atomic E-state index is 0.267. The van der Waals surface area contributed by atoms with Crippen molar-refractivity contribution in [2.24, 2.45) is 0 Å². The summed E-state index contributed by atoms with van der Waals surface area (Å²) in [6.45, 7) is -0.267. The summed E-state index contributed by atoms with van der Waals surface area (Å²) >= 11 is 0. The zero-order valence-electron chi connectivity index (χ0n) is 9.02. The average molecular weight is 233 g/mol. The number of aliphatic carboxylic acids is 1. The number of hydrogen-bond donors (Lipinski definition) is 1. The van der Waals surface area contributed by atoms with Gasteiger partial charge >= 0.3 is 5.97 Å². The first-order valence-electron chi connectivity index (χ1n) is 5.12. The van der Waals surface area contributed by atoms with Crippen LogP contribution in [0.5, 0.6) is 0 Å². The van der Waals surface area contributed by atoms with Crippen molar-refractivity contribution < 1.29 is 9.90 Å². The van der Waals surface area contributed by atoms with Crippen LogP contribution in [-0.2, 0) is 24.2 Å². The highest BCUT2D eigenvalue weighted by Gasteiger charge is 2.06. The first-order chi connectivity index (χ1) is 8.24. The fraction of sp³-hybridized carbons (Fsp3) is 0.300. The number of hydrogen-bond acceptors (Lipinski definition) is 5. The van der Waals surface area contributed by atoms with Gasteiger partial charge < -0.3 is 5.11 Å². The Morgan fingerprint density at radius 3 is 2.94 bits per heavy atom. The Hall–Kier alpha value is -2.31. The molecule has 0 aliphatic heterocycles. The number of aromatic nitrogens is 5. The number of carboxylic acids is 1. The summed E-state index contributed by atoms with van der Waals surface area (Å²) in [4.78, 5) is 15.7. The molecule has 0 radical (unpaired) electrons. The van der Waals surface area contributed by atoms with Crippen LogP contribution in [0.15, 0.2) is 24.4 Å². The predicted molar refractivity (Wildman–Crippen MR) is 57.1 cm³/mol. The quantitative estimate of drug-likeness (QED) is 0.777. The number of nitrogens with zero attached hydrogens (tertiary/aromatic N) is 5. The van der Waals surface area contributed by atoms with Crippen LogP contribution in [0.4, 0.5) is 0 Å². The molecule has 2 aromatic heterocycles. The van der Waals surface area contributed by atoms with E-state index in [1.165, 1.54) is 0 Å². The van der Waals surface area contributed by atoms with Crippen molar-refractivity contribution in [3.63, 3.8) is 0 Å². The third kappa shape index (κ3) is 3.33. The van der Waals surface area contributed by atoms with Gasteiger partial charge in [-0.2, -0.15) is 4.80 Å². The SMILES string of the molecule is O=C(O)Cn1nnc(CCc2ccccn2)n1. The van der Waals surface area contributed by atoms with Gasteiger partial charge in [-0.1, -0.05) is 6.07 Å². The summed E-state index contributed by atoms with van der Waals surface area (Å²) in [6, 6.07) is 5.68. The smallest absolute Gasteiger partial charge is 0.327 e. The number of carboxylic acid groups (broad SMARTS) is 1. The third-order valence-electron chi connectivity index (χ3n) is 2.10. The maximum Gasteiger partial charge on any atom is 0.327 e. The van der Waals surface area contributed by atoms with Gasteiger partial charge in [-0.3, -0.25) is 9.78 Å². The maximum atomic E-state index is 10.4. The van der Waals surface area contributed by atoms with Crippen molar-refractivity contribution in [2.75, 3.05) is 0 Å². The second-order valence-corrected chi connectivity index (χ2v) is 3.45. The molecular weight excluding hydrogens is 222 g/mol. The molecule has 2 aromatic rings. The van der Waals surface area contributed by atoms with E-state index >= 15 is 0 Å². The molecule has 1 N–H and O–H groups in total. The molecule has 0 saturated carbocycles. The summed E-state index contributed by atoms with van der Waals surface area (Å²) < 4.78 is 0. The van der Waals surface area contributed by atoms with Crippen LogP contribution in [0.25, 0.3) is 0 Å².